The first-order valence-corrected chi connectivity index (χ1v) is 11.3. The van der Waals surface area contributed by atoms with E-state index in [9.17, 15) is 9.59 Å². The molecule has 0 aliphatic carbocycles. The Labute approximate surface area is 185 Å². The van der Waals surface area contributed by atoms with Gasteiger partial charge in [-0.05, 0) is 72.3 Å². The van der Waals surface area contributed by atoms with Crippen LogP contribution in [0.2, 0.25) is 0 Å². The van der Waals surface area contributed by atoms with Gasteiger partial charge in [-0.15, -0.1) is 0 Å². The average Bonchev–Trinajstić information content (AvgIpc) is 2.66. The highest BCUT2D eigenvalue weighted by molar-refractivity contribution is 5.76. The average molecular weight is 433 g/mol. The SMILES string of the molecule is Cc1cc(C)nc(OC2CCCN(C(=O)CC3CCN(C(=O)OC(C)(C)C)CC3)C2)n1. The first-order valence-electron chi connectivity index (χ1n) is 11.3. The summed E-state index contributed by atoms with van der Waals surface area (Å²) in [5, 5.41) is 0. The zero-order valence-electron chi connectivity index (χ0n) is 19.5. The Morgan fingerprint density at radius 1 is 1.03 bits per heavy atom. The Bertz CT molecular complexity index is 764. The molecule has 2 fully saturated rings. The van der Waals surface area contributed by atoms with Gasteiger partial charge < -0.3 is 19.3 Å². The van der Waals surface area contributed by atoms with Crippen molar-refractivity contribution in [2.75, 3.05) is 26.2 Å². The number of rotatable bonds is 4. The number of carbonyl (C=O) groups excluding carboxylic acids is 2. The Morgan fingerprint density at radius 3 is 2.29 bits per heavy atom. The molecule has 2 saturated heterocycles. The maximum atomic E-state index is 12.9. The molecule has 8 heteroatoms. The van der Waals surface area contributed by atoms with Crippen molar-refractivity contribution in [3.8, 4) is 6.01 Å². The first-order chi connectivity index (χ1) is 14.6. The molecule has 0 aromatic carbocycles. The predicted molar refractivity (Wildman–Crippen MR) is 117 cm³/mol. The van der Waals surface area contributed by atoms with Crippen molar-refractivity contribution in [2.45, 2.75) is 78.4 Å². The van der Waals surface area contributed by atoms with E-state index in [4.69, 9.17) is 9.47 Å². The van der Waals surface area contributed by atoms with Gasteiger partial charge in [-0.25, -0.2) is 14.8 Å². The lowest BCUT2D eigenvalue weighted by atomic mass is 9.92. The third kappa shape index (κ3) is 7.08. The minimum atomic E-state index is -0.487. The highest BCUT2D eigenvalue weighted by Gasteiger charge is 2.31. The summed E-state index contributed by atoms with van der Waals surface area (Å²) in [5.41, 5.74) is 1.27. The van der Waals surface area contributed by atoms with Crippen molar-refractivity contribution in [3.63, 3.8) is 0 Å². The smallest absolute Gasteiger partial charge is 0.410 e. The number of nitrogens with zero attached hydrogens (tertiary/aromatic N) is 4. The van der Waals surface area contributed by atoms with Crippen LogP contribution in [0.25, 0.3) is 0 Å². The van der Waals surface area contributed by atoms with Gasteiger partial charge in [0, 0.05) is 37.4 Å². The van der Waals surface area contributed by atoms with Gasteiger partial charge in [-0.3, -0.25) is 4.79 Å². The topological polar surface area (TPSA) is 84.9 Å². The zero-order chi connectivity index (χ0) is 22.6. The van der Waals surface area contributed by atoms with Crippen LogP contribution < -0.4 is 4.74 Å². The number of carbonyl (C=O) groups is 2. The molecule has 31 heavy (non-hydrogen) atoms. The molecule has 8 nitrogen and oxygen atoms in total. The molecule has 0 N–H and O–H groups in total. The number of aromatic nitrogens is 2. The first kappa shape index (κ1) is 23.3. The van der Waals surface area contributed by atoms with Gasteiger partial charge in [0.1, 0.15) is 11.7 Å². The molecule has 2 amide bonds. The highest BCUT2D eigenvalue weighted by atomic mass is 16.6. The zero-order valence-corrected chi connectivity index (χ0v) is 19.5. The number of ether oxygens (including phenoxy) is 2. The molecule has 3 rings (SSSR count). The number of hydrogen-bond acceptors (Lipinski definition) is 6. The van der Waals surface area contributed by atoms with Crippen LogP contribution in [0.3, 0.4) is 0 Å². The van der Waals surface area contributed by atoms with Gasteiger partial charge in [0.2, 0.25) is 5.91 Å². The van der Waals surface area contributed by atoms with Gasteiger partial charge in [0.25, 0.3) is 0 Å². The third-order valence-corrected chi connectivity index (χ3v) is 5.69. The molecule has 1 unspecified atom stereocenters. The van der Waals surface area contributed by atoms with E-state index in [2.05, 4.69) is 9.97 Å². The minimum Gasteiger partial charge on any atom is -0.458 e. The second-order valence-electron chi connectivity index (χ2n) is 9.77. The number of hydrogen-bond donors (Lipinski definition) is 0. The second kappa shape index (κ2) is 9.83. The van der Waals surface area contributed by atoms with E-state index in [0.717, 1.165) is 43.6 Å². The van der Waals surface area contributed by atoms with Crippen LogP contribution >= 0.6 is 0 Å². The molecule has 0 bridgehead atoms. The van der Waals surface area contributed by atoms with E-state index in [-0.39, 0.29) is 18.1 Å². The largest absolute Gasteiger partial charge is 0.458 e. The number of piperidine rings is 2. The summed E-state index contributed by atoms with van der Waals surface area (Å²) in [6.45, 7) is 12.1. The lowest BCUT2D eigenvalue weighted by molar-refractivity contribution is -0.135. The molecule has 2 aliphatic rings. The molecule has 1 aromatic rings. The van der Waals surface area contributed by atoms with Crippen molar-refractivity contribution >= 4 is 12.0 Å². The van der Waals surface area contributed by atoms with E-state index in [1.54, 1.807) is 4.90 Å². The van der Waals surface area contributed by atoms with Crippen LogP contribution in [0.5, 0.6) is 6.01 Å². The van der Waals surface area contributed by atoms with Crippen LogP contribution in [0.15, 0.2) is 6.07 Å². The van der Waals surface area contributed by atoms with Crippen molar-refractivity contribution in [1.29, 1.82) is 0 Å². The fourth-order valence-corrected chi connectivity index (χ4v) is 4.18. The van der Waals surface area contributed by atoms with Gasteiger partial charge in [0.05, 0.1) is 6.54 Å². The summed E-state index contributed by atoms with van der Waals surface area (Å²) >= 11 is 0. The molecular weight excluding hydrogens is 396 g/mol. The summed E-state index contributed by atoms with van der Waals surface area (Å²) < 4.78 is 11.4. The summed E-state index contributed by atoms with van der Waals surface area (Å²) in [6, 6.07) is 2.31. The molecular formula is C23H36N4O4. The monoisotopic (exact) mass is 432 g/mol. The Kier molecular flexibility index (Phi) is 7.38. The van der Waals surface area contributed by atoms with Crippen LogP contribution in [-0.4, -0.2) is 69.7 Å². The molecule has 0 radical (unpaired) electrons. The maximum absolute atomic E-state index is 12.9. The molecule has 0 saturated carbocycles. The molecule has 1 aromatic heterocycles. The third-order valence-electron chi connectivity index (χ3n) is 5.69. The van der Waals surface area contributed by atoms with Crippen molar-refractivity contribution < 1.29 is 19.1 Å². The minimum absolute atomic E-state index is 0.0760. The molecule has 1 atom stereocenters. The van der Waals surface area contributed by atoms with E-state index >= 15 is 0 Å². The number of aryl methyl sites for hydroxylation is 2. The van der Waals surface area contributed by atoms with Crippen molar-refractivity contribution in [2.24, 2.45) is 5.92 Å². The van der Waals surface area contributed by atoms with Gasteiger partial charge in [-0.1, -0.05) is 0 Å². The van der Waals surface area contributed by atoms with E-state index in [1.807, 2.05) is 45.6 Å². The van der Waals surface area contributed by atoms with Crippen molar-refractivity contribution in [1.82, 2.24) is 19.8 Å². The van der Waals surface area contributed by atoms with E-state index in [1.165, 1.54) is 0 Å². The quantitative estimate of drug-likeness (QED) is 0.724. The lowest BCUT2D eigenvalue weighted by Crippen LogP contribution is -2.46. The summed E-state index contributed by atoms with van der Waals surface area (Å²) in [7, 11) is 0. The Morgan fingerprint density at radius 2 is 1.68 bits per heavy atom. The summed E-state index contributed by atoms with van der Waals surface area (Å²) in [5.74, 6) is 0.473. The normalized spacial score (nSPS) is 20.5. The van der Waals surface area contributed by atoms with Crippen molar-refractivity contribution in [3.05, 3.63) is 17.5 Å². The van der Waals surface area contributed by atoms with Crippen LogP contribution in [0, 0.1) is 19.8 Å². The van der Waals surface area contributed by atoms with E-state index < -0.39 is 5.60 Å². The van der Waals surface area contributed by atoms with Gasteiger partial charge in [-0.2, -0.15) is 0 Å². The molecule has 0 spiro atoms. The Balaban J connectivity index is 1.46. The van der Waals surface area contributed by atoms with Gasteiger partial charge >= 0.3 is 12.1 Å². The fraction of sp³-hybridized carbons (Fsp3) is 0.739. The molecule has 2 aliphatic heterocycles. The Hall–Kier alpha value is -2.38. The van der Waals surface area contributed by atoms with Crippen LogP contribution in [0.4, 0.5) is 4.79 Å². The summed E-state index contributed by atoms with van der Waals surface area (Å²) in [6.07, 6.45) is 3.65. The van der Waals surface area contributed by atoms with Gasteiger partial charge in [0.15, 0.2) is 0 Å². The number of likely N-dealkylation sites (tertiary alicyclic amines) is 2. The lowest BCUT2D eigenvalue weighted by Gasteiger charge is -2.36. The van der Waals surface area contributed by atoms with Crippen LogP contribution in [0.1, 0.15) is 64.3 Å². The molecule has 172 valence electrons. The maximum Gasteiger partial charge on any atom is 0.410 e. The standard InChI is InChI=1S/C23H36N4O4/c1-16-13-17(2)25-21(24-16)30-19-7-6-10-27(15-19)20(28)14-18-8-11-26(12-9-18)22(29)31-23(3,4)5/h13,18-19H,6-12,14-15H2,1-5H3. The predicted octanol–water partition coefficient (Wildman–Crippen LogP) is 3.50. The second-order valence-corrected chi connectivity index (χ2v) is 9.77. The summed E-state index contributed by atoms with van der Waals surface area (Å²) in [4.78, 5) is 37.5. The van der Waals surface area contributed by atoms with Crippen LogP contribution in [-0.2, 0) is 9.53 Å². The number of amides is 2. The fourth-order valence-electron chi connectivity index (χ4n) is 4.18. The highest BCUT2D eigenvalue weighted by Crippen LogP contribution is 2.24. The molecule has 3 heterocycles. The van der Waals surface area contributed by atoms with E-state index in [0.29, 0.717) is 38.0 Å².